The first-order chi connectivity index (χ1) is 11.5. The molecule has 0 saturated carbocycles. The minimum atomic E-state index is 0.261. The highest BCUT2D eigenvalue weighted by molar-refractivity contribution is 5.76. The third-order valence-corrected chi connectivity index (χ3v) is 5.13. The molecule has 1 aliphatic heterocycles. The van der Waals surface area contributed by atoms with E-state index >= 15 is 0 Å². The van der Waals surface area contributed by atoms with Crippen LogP contribution in [0.25, 0.3) is 0 Å². The van der Waals surface area contributed by atoms with Crippen LogP contribution in [-0.4, -0.2) is 48.7 Å². The van der Waals surface area contributed by atoms with Crippen molar-refractivity contribution in [3.63, 3.8) is 0 Å². The zero-order valence-corrected chi connectivity index (χ0v) is 14.8. The number of aromatic nitrogens is 5. The lowest BCUT2D eigenvalue weighted by Gasteiger charge is -2.32. The predicted molar refractivity (Wildman–Crippen MR) is 90.3 cm³/mol. The highest BCUT2D eigenvalue weighted by atomic mass is 16.2. The van der Waals surface area contributed by atoms with Crippen molar-refractivity contribution >= 4 is 5.91 Å². The van der Waals surface area contributed by atoms with Gasteiger partial charge in [-0.3, -0.25) is 14.2 Å². The molecule has 7 heteroatoms. The fraction of sp³-hybridized carbons (Fsp3) is 0.647. The van der Waals surface area contributed by atoms with Gasteiger partial charge in [-0.1, -0.05) is 5.21 Å². The number of piperidine rings is 1. The maximum Gasteiger partial charge on any atom is 0.222 e. The van der Waals surface area contributed by atoms with Gasteiger partial charge in [0.15, 0.2) is 0 Å². The molecule has 0 aromatic carbocycles. The van der Waals surface area contributed by atoms with Crippen molar-refractivity contribution in [2.75, 3.05) is 13.1 Å². The van der Waals surface area contributed by atoms with E-state index < -0.39 is 0 Å². The summed E-state index contributed by atoms with van der Waals surface area (Å²) in [6.45, 7) is 6.68. The molecule has 0 unspecified atom stereocenters. The van der Waals surface area contributed by atoms with E-state index in [-0.39, 0.29) is 5.91 Å². The fourth-order valence-corrected chi connectivity index (χ4v) is 3.53. The van der Waals surface area contributed by atoms with Crippen LogP contribution in [0.3, 0.4) is 0 Å². The van der Waals surface area contributed by atoms with E-state index in [1.807, 2.05) is 34.4 Å². The SMILES string of the molecule is Cc1nn(C)c(C)c1CCC(=O)N1CCC(Cn2ccnn2)CC1. The molecule has 3 rings (SSSR count). The summed E-state index contributed by atoms with van der Waals surface area (Å²) >= 11 is 0. The molecule has 0 bridgehead atoms. The molecule has 1 fully saturated rings. The first kappa shape index (κ1) is 16.7. The zero-order valence-electron chi connectivity index (χ0n) is 14.8. The minimum Gasteiger partial charge on any atom is -0.343 e. The highest BCUT2D eigenvalue weighted by Gasteiger charge is 2.23. The van der Waals surface area contributed by atoms with Crippen molar-refractivity contribution in [2.45, 2.75) is 46.1 Å². The Hall–Kier alpha value is -2.18. The van der Waals surface area contributed by atoms with E-state index in [9.17, 15) is 4.79 Å². The minimum absolute atomic E-state index is 0.261. The molecule has 1 saturated heterocycles. The Morgan fingerprint density at radius 3 is 2.62 bits per heavy atom. The van der Waals surface area contributed by atoms with Gasteiger partial charge < -0.3 is 4.90 Å². The van der Waals surface area contributed by atoms with Crippen LogP contribution < -0.4 is 0 Å². The summed E-state index contributed by atoms with van der Waals surface area (Å²) < 4.78 is 3.78. The van der Waals surface area contributed by atoms with Crippen LogP contribution in [0, 0.1) is 19.8 Å². The summed E-state index contributed by atoms with van der Waals surface area (Å²) in [7, 11) is 1.95. The van der Waals surface area contributed by atoms with Gasteiger partial charge in [-0.2, -0.15) is 5.10 Å². The molecule has 2 aromatic heterocycles. The number of carbonyl (C=O) groups excluding carboxylic acids is 1. The summed E-state index contributed by atoms with van der Waals surface area (Å²) in [4.78, 5) is 14.5. The molecular formula is C17H26N6O. The summed E-state index contributed by atoms with van der Waals surface area (Å²) in [6.07, 6.45) is 7.04. The molecule has 130 valence electrons. The van der Waals surface area contributed by atoms with Crippen LogP contribution in [0.2, 0.25) is 0 Å². The molecule has 0 atom stereocenters. The number of amides is 1. The van der Waals surface area contributed by atoms with Gasteiger partial charge in [-0.05, 0) is 44.6 Å². The van der Waals surface area contributed by atoms with Crippen molar-refractivity contribution in [1.82, 2.24) is 29.7 Å². The second-order valence-corrected chi connectivity index (χ2v) is 6.72. The maximum atomic E-state index is 12.5. The smallest absolute Gasteiger partial charge is 0.222 e. The standard InChI is InChI=1S/C17H26N6O/c1-13-16(14(2)21(3)19-13)4-5-17(24)22-9-6-15(7-10-22)12-23-11-8-18-20-23/h8,11,15H,4-7,9-10,12H2,1-3H3. The second kappa shape index (κ2) is 7.15. The van der Waals surface area contributed by atoms with Gasteiger partial charge in [0.2, 0.25) is 5.91 Å². The van der Waals surface area contributed by atoms with Crippen molar-refractivity contribution in [3.05, 3.63) is 29.3 Å². The molecule has 1 aliphatic rings. The molecule has 0 radical (unpaired) electrons. The lowest BCUT2D eigenvalue weighted by atomic mass is 9.96. The van der Waals surface area contributed by atoms with Crippen LogP contribution in [0.4, 0.5) is 0 Å². The Balaban J connectivity index is 1.47. The van der Waals surface area contributed by atoms with Crippen molar-refractivity contribution < 1.29 is 4.79 Å². The summed E-state index contributed by atoms with van der Waals surface area (Å²) in [5.41, 5.74) is 3.41. The van der Waals surface area contributed by atoms with Gasteiger partial charge in [0.1, 0.15) is 0 Å². The topological polar surface area (TPSA) is 68.8 Å². The van der Waals surface area contributed by atoms with Crippen LogP contribution in [0.15, 0.2) is 12.4 Å². The molecule has 24 heavy (non-hydrogen) atoms. The van der Waals surface area contributed by atoms with Crippen LogP contribution in [0.1, 0.15) is 36.2 Å². The molecule has 3 heterocycles. The third-order valence-electron chi connectivity index (χ3n) is 5.13. The van der Waals surface area contributed by atoms with E-state index in [1.54, 1.807) is 6.20 Å². The van der Waals surface area contributed by atoms with Crippen LogP contribution in [0.5, 0.6) is 0 Å². The second-order valence-electron chi connectivity index (χ2n) is 6.72. The normalized spacial score (nSPS) is 15.9. The first-order valence-corrected chi connectivity index (χ1v) is 8.65. The number of aryl methyl sites for hydroxylation is 2. The average Bonchev–Trinajstić information content (AvgIpc) is 3.15. The van der Waals surface area contributed by atoms with Gasteiger partial charge in [0.25, 0.3) is 0 Å². The summed E-state index contributed by atoms with van der Waals surface area (Å²) in [5, 5.41) is 12.3. The zero-order chi connectivity index (χ0) is 17.1. The average molecular weight is 330 g/mol. The van der Waals surface area contributed by atoms with Crippen molar-refractivity contribution in [2.24, 2.45) is 13.0 Å². The van der Waals surface area contributed by atoms with Crippen molar-refractivity contribution in [1.29, 1.82) is 0 Å². The lowest BCUT2D eigenvalue weighted by molar-refractivity contribution is -0.132. The van der Waals surface area contributed by atoms with E-state index in [1.165, 1.54) is 5.56 Å². The third kappa shape index (κ3) is 3.66. The van der Waals surface area contributed by atoms with E-state index in [4.69, 9.17) is 0 Å². The van der Waals surface area contributed by atoms with E-state index in [0.29, 0.717) is 12.3 Å². The van der Waals surface area contributed by atoms with Crippen molar-refractivity contribution in [3.8, 4) is 0 Å². The number of nitrogens with zero attached hydrogens (tertiary/aromatic N) is 6. The summed E-state index contributed by atoms with van der Waals surface area (Å²) in [6, 6.07) is 0. The monoisotopic (exact) mass is 330 g/mol. The quantitative estimate of drug-likeness (QED) is 0.833. The number of hydrogen-bond acceptors (Lipinski definition) is 4. The number of likely N-dealkylation sites (tertiary alicyclic amines) is 1. The lowest BCUT2D eigenvalue weighted by Crippen LogP contribution is -2.39. The number of hydrogen-bond donors (Lipinski definition) is 0. The Kier molecular flexibility index (Phi) is 4.97. The molecule has 0 spiro atoms. The fourth-order valence-electron chi connectivity index (χ4n) is 3.53. The molecule has 0 N–H and O–H groups in total. The largest absolute Gasteiger partial charge is 0.343 e. The molecule has 7 nitrogen and oxygen atoms in total. The summed E-state index contributed by atoms with van der Waals surface area (Å²) in [5.74, 6) is 0.843. The van der Waals surface area contributed by atoms with Crippen LogP contribution >= 0.6 is 0 Å². The molecule has 2 aromatic rings. The van der Waals surface area contributed by atoms with E-state index in [2.05, 4.69) is 22.3 Å². The first-order valence-electron chi connectivity index (χ1n) is 8.65. The van der Waals surface area contributed by atoms with Gasteiger partial charge in [0.05, 0.1) is 11.9 Å². The Morgan fingerprint density at radius 2 is 2.04 bits per heavy atom. The van der Waals surface area contributed by atoms with Crippen LogP contribution in [-0.2, 0) is 24.8 Å². The molecule has 1 amide bonds. The Labute approximate surface area is 142 Å². The predicted octanol–water partition coefficient (Wildman–Crippen LogP) is 1.50. The number of rotatable bonds is 5. The van der Waals surface area contributed by atoms with Gasteiger partial charge in [0, 0.05) is 45.0 Å². The highest BCUT2D eigenvalue weighted by Crippen LogP contribution is 2.20. The van der Waals surface area contributed by atoms with Gasteiger partial charge in [-0.25, -0.2) is 0 Å². The Morgan fingerprint density at radius 1 is 1.29 bits per heavy atom. The molecule has 0 aliphatic carbocycles. The molecular weight excluding hydrogens is 304 g/mol. The number of carbonyl (C=O) groups is 1. The Bertz CT molecular complexity index is 682. The van der Waals surface area contributed by atoms with Gasteiger partial charge >= 0.3 is 0 Å². The van der Waals surface area contributed by atoms with Gasteiger partial charge in [-0.15, -0.1) is 5.10 Å². The maximum absolute atomic E-state index is 12.5. The van der Waals surface area contributed by atoms with E-state index in [0.717, 1.165) is 50.3 Å².